The number of halogens is 2. The second kappa shape index (κ2) is 5.54. The molecule has 3 nitrogen and oxygen atoms in total. The molecule has 0 spiro atoms. The normalized spacial score (nSPS) is 11.0. The summed E-state index contributed by atoms with van der Waals surface area (Å²) in [5, 5.41) is 0.920. The van der Waals surface area contributed by atoms with E-state index in [0.29, 0.717) is 17.9 Å². The van der Waals surface area contributed by atoms with Crippen molar-refractivity contribution in [3.8, 4) is 5.75 Å². The van der Waals surface area contributed by atoms with Crippen molar-refractivity contribution in [2.75, 3.05) is 0 Å². The summed E-state index contributed by atoms with van der Waals surface area (Å²) < 4.78 is 37.3. The number of para-hydroxylation sites is 1. The van der Waals surface area contributed by atoms with Gasteiger partial charge < -0.3 is 14.9 Å². The minimum atomic E-state index is -0.686. The summed E-state index contributed by atoms with van der Waals surface area (Å²) in [6.45, 7) is 0.358. The van der Waals surface area contributed by atoms with Crippen molar-refractivity contribution in [2.45, 2.75) is 13.2 Å². The first-order valence-corrected chi connectivity index (χ1v) is 6.45. The molecule has 3 aromatic rings. The van der Waals surface area contributed by atoms with Crippen LogP contribution in [0.5, 0.6) is 5.75 Å². The maximum Gasteiger partial charge on any atom is 0.147 e. The van der Waals surface area contributed by atoms with Gasteiger partial charge in [-0.1, -0.05) is 18.2 Å². The highest BCUT2D eigenvalue weighted by molar-refractivity contribution is 5.82. The third-order valence-corrected chi connectivity index (χ3v) is 3.19. The molecule has 0 amide bonds. The van der Waals surface area contributed by atoms with Gasteiger partial charge in [0.25, 0.3) is 0 Å². The maximum absolute atomic E-state index is 13.1. The van der Waals surface area contributed by atoms with Crippen molar-refractivity contribution < 1.29 is 17.9 Å². The smallest absolute Gasteiger partial charge is 0.147 e. The predicted molar refractivity (Wildman–Crippen MR) is 74.8 cm³/mol. The minimum Gasteiger partial charge on any atom is -0.485 e. The van der Waals surface area contributed by atoms with Crippen molar-refractivity contribution in [2.24, 2.45) is 5.73 Å². The summed E-state index contributed by atoms with van der Waals surface area (Å²) in [6.07, 6.45) is 0. The first-order valence-electron chi connectivity index (χ1n) is 6.45. The summed E-state index contributed by atoms with van der Waals surface area (Å²) in [4.78, 5) is 0. The van der Waals surface area contributed by atoms with Crippen LogP contribution in [-0.4, -0.2) is 0 Å². The van der Waals surface area contributed by atoms with Gasteiger partial charge in [0, 0.05) is 35.7 Å². The first-order chi connectivity index (χ1) is 10.2. The lowest BCUT2D eigenvalue weighted by atomic mass is 10.1. The second-order valence-corrected chi connectivity index (χ2v) is 4.60. The van der Waals surface area contributed by atoms with Gasteiger partial charge in [-0.05, 0) is 6.07 Å². The molecule has 0 saturated heterocycles. The van der Waals surface area contributed by atoms with Crippen LogP contribution in [0.1, 0.15) is 11.3 Å². The lowest BCUT2D eigenvalue weighted by molar-refractivity contribution is 0.270. The number of rotatable bonds is 4. The highest BCUT2D eigenvalue weighted by atomic mass is 19.1. The minimum absolute atomic E-state index is 0.0596. The van der Waals surface area contributed by atoms with Crippen LogP contribution in [0.3, 0.4) is 0 Å². The van der Waals surface area contributed by atoms with Crippen LogP contribution in [0.25, 0.3) is 11.0 Å². The summed E-state index contributed by atoms with van der Waals surface area (Å²) in [6, 6.07) is 10.5. The highest BCUT2D eigenvalue weighted by Gasteiger charge is 2.13. The molecule has 3 rings (SSSR count). The van der Waals surface area contributed by atoms with E-state index in [1.165, 1.54) is 0 Å². The van der Waals surface area contributed by atoms with Crippen LogP contribution >= 0.6 is 0 Å². The largest absolute Gasteiger partial charge is 0.485 e. The molecule has 108 valence electrons. The van der Waals surface area contributed by atoms with Crippen molar-refractivity contribution >= 4 is 11.0 Å². The van der Waals surface area contributed by atoms with Crippen LogP contribution in [-0.2, 0) is 13.2 Å². The average Bonchev–Trinajstić information content (AvgIpc) is 2.81. The molecule has 0 atom stereocenters. The molecule has 0 radical (unpaired) electrons. The fraction of sp³-hybridized carbons (Fsp3) is 0.125. The molecule has 21 heavy (non-hydrogen) atoms. The molecule has 5 heteroatoms. The zero-order valence-corrected chi connectivity index (χ0v) is 11.1. The number of ether oxygens (including phenoxy) is 1. The van der Waals surface area contributed by atoms with Gasteiger partial charge in [-0.3, -0.25) is 0 Å². The van der Waals surface area contributed by atoms with Crippen molar-refractivity contribution in [1.29, 1.82) is 0 Å². The number of hydrogen-bond donors (Lipinski definition) is 1. The Bertz CT molecular complexity index is 763. The van der Waals surface area contributed by atoms with E-state index in [1.807, 2.05) is 24.3 Å². The molecule has 2 N–H and O–H groups in total. The summed E-state index contributed by atoms with van der Waals surface area (Å²) in [5.41, 5.74) is 7.29. The standard InChI is InChI=1S/C16H13F2NO2/c17-10-5-11(18)7-12(6-10)20-9-16-14(8-19)13-3-1-2-4-15(13)21-16/h1-7H,8-9,19H2. The molecular formula is C16H13F2NO2. The van der Waals surface area contributed by atoms with E-state index in [2.05, 4.69) is 0 Å². The molecule has 0 aliphatic carbocycles. The highest BCUT2D eigenvalue weighted by Crippen LogP contribution is 2.27. The van der Waals surface area contributed by atoms with E-state index in [-0.39, 0.29) is 12.4 Å². The number of nitrogens with two attached hydrogens (primary N) is 1. The van der Waals surface area contributed by atoms with Gasteiger partial charge in [-0.25, -0.2) is 8.78 Å². The Hall–Kier alpha value is -2.40. The average molecular weight is 289 g/mol. The second-order valence-electron chi connectivity index (χ2n) is 4.60. The summed E-state index contributed by atoms with van der Waals surface area (Å²) >= 11 is 0. The Labute approximate surface area is 119 Å². The van der Waals surface area contributed by atoms with Crippen LogP contribution in [0.15, 0.2) is 46.9 Å². The number of furan rings is 1. The zero-order chi connectivity index (χ0) is 14.8. The number of fused-ring (bicyclic) bond motifs is 1. The van der Waals surface area contributed by atoms with E-state index < -0.39 is 11.6 Å². The van der Waals surface area contributed by atoms with Gasteiger partial charge >= 0.3 is 0 Å². The van der Waals surface area contributed by atoms with Crippen LogP contribution in [0.4, 0.5) is 8.78 Å². The molecule has 1 heterocycles. The number of hydrogen-bond acceptors (Lipinski definition) is 3. The van der Waals surface area contributed by atoms with E-state index in [0.717, 1.165) is 29.1 Å². The van der Waals surface area contributed by atoms with Gasteiger partial charge in [0.05, 0.1) is 0 Å². The van der Waals surface area contributed by atoms with Crippen molar-refractivity contribution in [3.05, 3.63) is 65.4 Å². The monoisotopic (exact) mass is 289 g/mol. The molecule has 0 saturated carbocycles. The zero-order valence-electron chi connectivity index (χ0n) is 11.1. The topological polar surface area (TPSA) is 48.4 Å². The van der Waals surface area contributed by atoms with Crippen LogP contribution in [0.2, 0.25) is 0 Å². The van der Waals surface area contributed by atoms with E-state index >= 15 is 0 Å². The van der Waals surface area contributed by atoms with Crippen molar-refractivity contribution in [3.63, 3.8) is 0 Å². The molecular weight excluding hydrogens is 276 g/mol. The van der Waals surface area contributed by atoms with E-state index in [9.17, 15) is 8.78 Å². The van der Waals surface area contributed by atoms with Gasteiger partial charge in [-0.2, -0.15) is 0 Å². The van der Waals surface area contributed by atoms with Gasteiger partial charge in [-0.15, -0.1) is 0 Å². The quantitative estimate of drug-likeness (QED) is 0.795. The Morgan fingerprint density at radius 3 is 2.48 bits per heavy atom. The lowest BCUT2D eigenvalue weighted by Crippen LogP contribution is -2.02. The molecule has 0 aliphatic rings. The van der Waals surface area contributed by atoms with Gasteiger partial charge in [0.2, 0.25) is 0 Å². The Morgan fingerprint density at radius 1 is 1.05 bits per heavy atom. The van der Waals surface area contributed by atoms with Crippen LogP contribution in [0, 0.1) is 11.6 Å². The third-order valence-electron chi connectivity index (χ3n) is 3.19. The fourth-order valence-electron chi connectivity index (χ4n) is 2.25. The molecule has 0 bridgehead atoms. The van der Waals surface area contributed by atoms with Crippen molar-refractivity contribution in [1.82, 2.24) is 0 Å². The van der Waals surface area contributed by atoms with Crippen LogP contribution < -0.4 is 10.5 Å². The molecule has 0 unspecified atom stereocenters. The SMILES string of the molecule is NCc1c(COc2cc(F)cc(F)c2)oc2ccccc12. The Balaban J connectivity index is 1.88. The molecule has 1 aromatic heterocycles. The Kier molecular flexibility index (Phi) is 3.58. The van der Waals surface area contributed by atoms with E-state index in [1.54, 1.807) is 0 Å². The third kappa shape index (κ3) is 2.73. The van der Waals surface area contributed by atoms with Gasteiger partial charge in [0.1, 0.15) is 35.3 Å². The molecule has 2 aromatic carbocycles. The number of benzene rings is 2. The van der Waals surface area contributed by atoms with E-state index in [4.69, 9.17) is 14.9 Å². The molecule has 0 fully saturated rings. The van der Waals surface area contributed by atoms with Gasteiger partial charge in [0.15, 0.2) is 0 Å². The first kappa shape index (κ1) is 13.6. The summed E-state index contributed by atoms with van der Waals surface area (Å²) in [5.74, 6) is -0.707. The maximum atomic E-state index is 13.1. The Morgan fingerprint density at radius 2 is 1.76 bits per heavy atom. The molecule has 0 aliphatic heterocycles. The lowest BCUT2D eigenvalue weighted by Gasteiger charge is -2.06. The summed E-state index contributed by atoms with van der Waals surface area (Å²) in [7, 11) is 0. The predicted octanol–water partition coefficient (Wildman–Crippen LogP) is 3.75. The fourth-order valence-corrected chi connectivity index (χ4v) is 2.25.